The Morgan fingerprint density at radius 3 is 2.14 bits per heavy atom. The smallest absolute Gasteiger partial charge is 0.279 e. The van der Waals surface area contributed by atoms with Crippen LogP contribution in [0.4, 0.5) is 11.4 Å². The second-order valence-electron chi connectivity index (χ2n) is 7.22. The fourth-order valence-electron chi connectivity index (χ4n) is 3.01. The Bertz CT molecular complexity index is 805. The van der Waals surface area contributed by atoms with E-state index in [1.807, 2.05) is 37.3 Å². The van der Waals surface area contributed by atoms with Crippen LogP contribution in [0.1, 0.15) is 38.7 Å². The number of quaternary nitrogens is 1. The third-order valence-corrected chi connectivity index (χ3v) is 5.05. The molecule has 2 aromatic rings. The van der Waals surface area contributed by atoms with Crippen molar-refractivity contribution in [1.29, 1.82) is 0 Å². The highest BCUT2D eigenvalue weighted by Crippen LogP contribution is 2.20. The Hall–Kier alpha value is -2.86. The zero-order valence-corrected chi connectivity index (χ0v) is 17.7. The van der Waals surface area contributed by atoms with Crippen LogP contribution in [-0.2, 0) is 9.59 Å². The Morgan fingerprint density at radius 1 is 0.966 bits per heavy atom. The Kier molecular flexibility index (Phi) is 8.68. The first-order valence-corrected chi connectivity index (χ1v) is 10.1. The van der Waals surface area contributed by atoms with E-state index in [1.165, 1.54) is 5.56 Å². The first-order chi connectivity index (χ1) is 13.9. The zero-order chi connectivity index (χ0) is 21.2. The maximum Gasteiger partial charge on any atom is 0.279 e. The minimum Gasteiger partial charge on any atom is -0.497 e. The predicted octanol–water partition coefficient (Wildman–Crippen LogP) is 2.69. The van der Waals surface area contributed by atoms with Gasteiger partial charge in [0.2, 0.25) is 0 Å². The predicted molar refractivity (Wildman–Crippen MR) is 117 cm³/mol. The van der Waals surface area contributed by atoms with Crippen molar-refractivity contribution in [2.75, 3.05) is 37.4 Å². The van der Waals surface area contributed by atoms with Gasteiger partial charge in [-0.15, -0.1) is 0 Å². The van der Waals surface area contributed by atoms with Crippen molar-refractivity contribution < 1.29 is 19.2 Å². The molecular weight excluding hydrogens is 366 g/mol. The summed E-state index contributed by atoms with van der Waals surface area (Å²) >= 11 is 0. The van der Waals surface area contributed by atoms with Crippen LogP contribution in [0.2, 0.25) is 0 Å². The van der Waals surface area contributed by atoms with E-state index < -0.39 is 0 Å². The molecule has 0 bridgehead atoms. The van der Waals surface area contributed by atoms with E-state index in [9.17, 15) is 9.59 Å². The molecule has 2 rings (SSSR count). The Morgan fingerprint density at radius 2 is 1.59 bits per heavy atom. The lowest BCUT2D eigenvalue weighted by atomic mass is 9.99. The molecule has 0 saturated carbocycles. The lowest BCUT2D eigenvalue weighted by Gasteiger charge is -2.17. The number of hydrogen-bond donors (Lipinski definition) is 3. The summed E-state index contributed by atoms with van der Waals surface area (Å²) < 4.78 is 5.17. The van der Waals surface area contributed by atoms with Crippen LogP contribution >= 0.6 is 0 Å². The first kappa shape index (κ1) is 22.4. The Labute approximate surface area is 173 Å². The molecule has 156 valence electrons. The molecule has 6 heteroatoms. The summed E-state index contributed by atoms with van der Waals surface area (Å²) in [4.78, 5) is 25.6. The van der Waals surface area contributed by atoms with E-state index >= 15 is 0 Å². The van der Waals surface area contributed by atoms with Crippen LogP contribution in [0.15, 0.2) is 48.5 Å². The molecule has 6 nitrogen and oxygen atoms in total. The van der Waals surface area contributed by atoms with Crippen LogP contribution in [0, 0.1) is 0 Å². The molecule has 2 aromatic carbocycles. The highest BCUT2D eigenvalue weighted by Gasteiger charge is 2.17. The van der Waals surface area contributed by atoms with Gasteiger partial charge in [0.1, 0.15) is 5.75 Å². The molecule has 3 N–H and O–H groups in total. The molecule has 1 unspecified atom stereocenters. The number of likely N-dealkylation sites (N-methyl/N-ethyl adjacent to an activating group) is 1. The molecule has 0 aliphatic carbocycles. The van der Waals surface area contributed by atoms with Crippen molar-refractivity contribution in [2.24, 2.45) is 0 Å². The SMILES string of the molecule is CC[C@H](C)c1ccc(NC(=O)C[NH+](CC)CC(=O)Nc2cccc(OC)c2)cc1. The van der Waals surface area contributed by atoms with Gasteiger partial charge in [0, 0.05) is 17.4 Å². The molecule has 0 aliphatic rings. The molecule has 2 amide bonds. The van der Waals surface area contributed by atoms with E-state index in [0.717, 1.165) is 17.0 Å². The summed E-state index contributed by atoms with van der Waals surface area (Å²) in [6.45, 7) is 7.43. The van der Waals surface area contributed by atoms with Gasteiger partial charge in [-0.2, -0.15) is 0 Å². The van der Waals surface area contributed by atoms with E-state index in [1.54, 1.807) is 13.2 Å². The first-order valence-electron chi connectivity index (χ1n) is 10.1. The average Bonchev–Trinajstić information content (AvgIpc) is 2.73. The van der Waals surface area contributed by atoms with Crippen molar-refractivity contribution in [1.82, 2.24) is 0 Å². The van der Waals surface area contributed by atoms with Crippen LogP contribution < -0.4 is 20.3 Å². The average molecular weight is 399 g/mol. The topological polar surface area (TPSA) is 71.9 Å². The van der Waals surface area contributed by atoms with Gasteiger partial charge < -0.3 is 20.3 Å². The molecular formula is C23H32N3O3+. The van der Waals surface area contributed by atoms with E-state index in [0.29, 0.717) is 23.9 Å². The third kappa shape index (κ3) is 7.23. The maximum atomic E-state index is 12.4. The molecule has 2 atom stereocenters. The third-order valence-electron chi connectivity index (χ3n) is 5.05. The van der Waals surface area contributed by atoms with Gasteiger partial charge in [0.15, 0.2) is 13.1 Å². The number of rotatable bonds is 10. The largest absolute Gasteiger partial charge is 0.497 e. The number of amides is 2. The normalized spacial score (nSPS) is 12.7. The molecule has 0 saturated heterocycles. The van der Waals surface area contributed by atoms with Gasteiger partial charge in [0.25, 0.3) is 11.8 Å². The quantitative estimate of drug-likeness (QED) is 0.576. The molecule has 0 heterocycles. The van der Waals surface area contributed by atoms with Gasteiger partial charge in [-0.05, 0) is 49.1 Å². The van der Waals surface area contributed by atoms with Crippen molar-refractivity contribution in [2.45, 2.75) is 33.1 Å². The summed E-state index contributed by atoms with van der Waals surface area (Å²) in [5, 5.41) is 5.78. The van der Waals surface area contributed by atoms with E-state index in [4.69, 9.17) is 4.74 Å². The van der Waals surface area contributed by atoms with E-state index in [-0.39, 0.29) is 24.9 Å². The Balaban J connectivity index is 1.86. The number of ether oxygens (including phenoxy) is 1. The van der Waals surface area contributed by atoms with Crippen LogP contribution in [-0.4, -0.2) is 38.6 Å². The number of hydrogen-bond acceptors (Lipinski definition) is 3. The van der Waals surface area contributed by atoms with Gasteiger partial charge in [-0.3, -0.25) is 9.59 Å². The number of anilines is 2. The standard InChI is InChI=1S/C23H31N3O3/c1-5-17(3)18-10-12-19(13-11-18)24-22(27)15-26(6-2)16-23(28)25-20-8-7-9-21(14-20)29-4/h7-14,17H,5-6,15-16H2,1-4H3,(H,24,27)(H,25,28)/p+1/t17-/m0/s1. The summed E-state index contributed by atoms with van der Waals surface area (Å²) in [6, 6.07) is 15.2. The summed E-state index contributed by atoms with van der Waals surface area (Å²) in [5.74, 6) is 0.942. The van der Waals surface area contributed by atoms with Crippen LogP contribution in [0.5, 0.6) is 5.75 Å². The summed E-state index contributed by atoms with van der Waals surface area (Å²) in [5.41, 5.74) is 2.72. The van der Waals surface area contributed by atoms with Crippen LogP contribution in [0.25, 0.3) is 0 Å². The molecule has 0 spiro atoms. The molecule has 0 aliphatic heterocycles. The van der Waals surface area contributed by atoms with Crippen molar-refractivity contribution in [3.63, 3.8) is 0 Å². The molecule has 29 heavy (non-hydrogen) atoms. The zero-order valence-electron chi connectivity index (χ0n) is 17.7. The number of benzene rings is 2. The monoisotopic (exact) mass is 398 g/mol. The van der Waals surface area contributed by atoms with E-state index in [2.05, 4.69) is 36.6 Å². The van der Waals surface area contributed by atoms with Crippen molar-refractivity contribution >= 4 is 23.2 Å². The highest BCUT2D eigenvalue weighted by atomic mass is 16.5. The number of nitrogens with one attached hydrogen (secondary N) is 3. The van der Waals surface area contributed by atoms with Crippen LogP contribution in [0.3, 0.4) is 0 Å². The lowest BCUT2D eigenvalue weighted by Crippen LogP contribution is -3.13. The van der Waals surface area contributed by atoms with Gasteiger partial charge >= 0.3 is 0 Å². The highest BCUT2D eigenvalue weighted by molar-refractivity contribution is 5.93. The number of methoxy groups -OCH3 is 1. The fourth-order valence-corrected chi connectivity index (χ4v) is 3.01. The molecule has 0 fully saturated rings. The van der Waals surface area contributed by atoms with Gasteiger partial charge in [0.05, 0.1) is 13.7 Å². The fraction of sp³-hybridized carbons (Fsp3) is 0.391. The van der Waals surface area contributed by atoms with Gasteiger partial charge in [-0.1, -0.05) is 32.0 Å². The second kappa shape index (κ2) is 11.2. The maximum absolute atomic E-state index is 12.4. The second-order valence-corrected chi connectivity index (χ2v) is 7.22. The number of carbonyl (C=O) groups excluding carboxylic acids is 2. The minimum atomic E-state index is -0.138. The molecule has 0 aromatic heterocycles. The summed E-state index contributed by atoms with van der Waals surface area (Å²) in [6.07, 6.45) is 1.08. The lowest BCUT2D eigenvalue weighted by molar-refractivity contribution is -0.881. The van der Waals surface area contributed by atoms with Crippen molar-refractivity contribution in [3.8, 4) is 5.75 Å². The number of carbonyl (C=O) groups is 2. The van der Waals surface area contributed by atoms with Crippen molar-refractivity contribution in [3.05, 3.63) is 54.1 Å². The minimum absolute atomic E-state index is 0.104. The summed E-state index contributed by atoms with van der Waals surface area (Å²) in [7, 11) is 1.58. The molecule has 0 radical (unpaired) electrons. The van der Waals surface area contributed by atoms with Gasteiger partial charge in [-0.25, -0.2) is 0 Å².